The highest BCUT2D eigenvalue weighted by atomic mass is 35.5. The Morgan fingerprint density at radius 2 is 2.13 bits per heavy atom. The first-order valence-corrected chi connectivity index (χ1v) is 9.67. The molecule has 0 bridgehead atoms. The Bertz CT molecular complexity index is 1110. The zero-order valence-corrected chi connectivity index (χ0v) is 18.0. The van der Waals surface area contributed by atoms with Crippen LogP contribution in [0.4, 0.5) is 11.6 Å². The standard InChI is InChI=1S/C19H19Cl2N5O4/c1-4-29-16-15(17(27)23-13-8-22-30-10-13)24-19(26(3)18(16)28)25(2)9-11-5-6-12(20)7-14(11)21/h5-8,10H,4,9H2,1-3H3,(H,23,27). The first kappa shape index (κ1) is 21.7. The molecular formula is C19H19Cl2N5O4. The third-order valence-electron chi connectivity index (χ3n) is 4.18. The van der Waals surface area contributed by atoms with Crippen LogP contribution in [-0.4, -0.2) is 34.3 Å². The predicted molar refractivity (Wildman–Crippen MR) is 114 cm³/mol. The van der Waals surface area contributed by atoms with E-state index < -0.39 is 11.5 Å². The minimum Gasteiger partial charge on any atom is -0.486 e. The maximum absolute atomic E-state index is 12.9. The lowest BCUT2D eigenvalue weighted by atomic mass is 10.2. The zero-order chi connectivity index (χ0) is 21.8. The molecule has 0 radical (unpaired) electrons. The van der Waals surface area contributed by atoms with Crippen molar-refractivity contribution in [3.63, 3.8) is 0 Å². The number of ether oxygens (including phenoxy) is 1. The van der Waals surface area contributed by atoms with Crippen LogP contribution < -0.4 is 20.5 Å². The monoisotopic (exact) mass is 451 g/mol. The van der Waals surface area contributed by atoms with E-state index in [0.29, 0.717) is 22.3 Å². The molecule has 1 amide bonds. The van der Waals surface area contributed by atoms with Crippen LogP contribution in [0.1, 0.15) is 23.0 Å². The number of amides is 1. The number of aromatic nitrogens is 3. The fraction of sp³-hybridized carbons (Fsp3) is 0.263. The summed E-state index contributed by atoms with van der Waals surface area (Å²) in [6.45, 7) is 2.24. The summed E-state index contributed by atoms with van der Waals surface area (Å²) in [4.78, 5) is 31.8. The number of halogens is 2. The Balaban J connectivity index is 2.00. The van der Waals surface area contributed by atoms with Crippen molar-refractivity contribution in [3.8, 4) is 5.75 Å². The number of nitrogens with one attached hydrogen (secondary N) is 1. The molecule has 11 heteroatoms. The van der Waals surface area contributed by atoms with Crippen molar-refractivity contribution < 1.29 is 14.1 Å². The van der Waals surface area contributed by atoms with Gasteiger partial charge < -0.3 is 19.5 Å². The number of rotatable bonds is 7. The van der Waals surface area contributed by atoms with Gasteiger partial charge in [-0.2, -0.15) is 0 Å². The fourth-order valence-electron chi connectivity index (χ4n) is 2.77. The van der Waals surface area contributed by atoms with Gasteiger partial charge in [-0.1, -0.05) is 34.4 Å². The van der Waals surface area contributed by atoms with Crippen molar-refractivity contribution in [1.82, 2.24) is 14.7 Å². The molecule has 0 aliphatic rings. The maximum Gasteiger partial charge on any atom is 0.297 e. The summed E-state index contributed by atoms with van der Waals surface area (Å²) < 4.78 is 11.4. The molecule has 1 N–H and O–H groups in total. The van der Waals surface area contributed by atoms with Crippen molar-refractivity contribution in [1.29, 1.82) is 0 Å². The van der Waals surface area contributed by atoms with Gasteiger partial charge in [0.25, 0.3) is 11.5 Å². The van der Waals surface area contributed by atoms with Gasteiger partial charge in [0.05, 0.1) is 12.8 Å². The smallest absolute Gasteiger partial charge is 0.297 e. The van der Waals surface area contributed by atoms with E-state index in [1.165, 1.54) is 17.0 Å². The molecule has 158 valence electrons. The van der Waals surface area contributed by atoms with Crippen LogP contribution in [0.3, 0.4) is 0 Å². The summed E-state index contributed by atoms with van der Waals surface area (Å²) in [6.07, 6.45) is 2.59. The van der Waals surface area contributed by atoms with Gasteiger partial charge in [0.2, 0.25) is 11.7 Å². The van der Waals surface area contributed by atoms with E-state index >= 15 is 0 Å². The molecule has 0 aliphatic heterocycles. The Labute approximate surface area is 182 Å². The third-order valence-corrected chi connectivity index (χ3v) is 4.77. The van der Waals surface area contributed by atoms with E-state index in [-0.39, 0.29) is 24.0 Å². The summed E-state index contributed by atoms with van der Waals surface area (Å²) in [7, 11) is 3.28. The van der Waals surface area contributed by atoms with Crippen molar-refractivity contribution in [2.45, 2.75) is 13.5 Å². The molecule has 1 aromatic carbocycles. The van der Waals surface area contributed by atoms with Crippen LogP contribution in [0, 0.1) is 0 Å². The maximum atomic E-state index is 12.9. The van der Waals surface area contributed by atoms with Crippen molar-refractivity contribution >= 4 is 40.7 Å². The molecule has 2 aromatic heterocycles. The zero-order valence-electron chi connectivity index (χ0n) is 16.5. The Morgan fingerprint density at radius 1 is 1.37 bits per heavy atom. The Hall–Kier alpha value is -3.04. The van der Waals surface area contributed by atoms with Crippen LogP contribution >= 0.6 is 23.2 Å². The van der Waals surface area contributed by atoms with E-state index in [4.69, 9.17) is 32.5 Å². The number of hydrogen-bond donors (Lipinski definition) is 1. The Kier molecular flexibility index (Phi) is 6.63. The number of carbonyl (C=O) groups is 1. The number of carbonyl (C=O) groups excluding carboxylic acids is 1. The van der Waals surface area contributed by atoms with Gasteiger partial charge in [0.1, 0.15) is 12.0 Å². The molecule has 0 fully saturated rings. The highest BCUT2D eigenvalue weighted by Gasteiger charge is 2.24. The van der Waals surface area contributed by atoms with Crippen molar-refractivity contribution in [2.75, 3.05) is 23.9 Å². The molecule has 0 unspecified atom stereocenters. The van der Waals surface area contributed by atoms with Gasteiger partial charge in [0.15, 0.2) is 5.69 Å². The van der Waals surface area contributed by atoms with Gasteiger partial charge in [-0.05, 0) is 24.6 Å². The molecule has 30 heavy (non-hydrogen) atoms. The van der Waals surface area contributed by atoms with Crippen LogP contribution in [0.25, 0.3) is 0 Å². The highest BCUT2D eigenvalue weighted by Crippen LogP contribution is 2.24. The molecular weight excluding hydrogens is 433 g/mol. The second kappa shape index (κ2) is 9.19. The lowest BCUT2D eigenvalue weighted by Gasteiger charge is -2.23. The van der Waals surface area contributed by atoms with E-state index in [1.54, 1.807) is 44.1 Å². The first-order chi connectivity index (χ1) is 14.3. The minimum atomic E-state index is -0.626. The van der Waals surface area contributed by atoms with Crippen molar-refractivity contribution in [3.05, 3.63) is 62.3 Å². The van der Waals surface area contributed by atoms with Gasteiger partial charge in [-0.25, -0.2) is 4.98 Å². The van der Waals surface area contributed by atoms with Gasteiger partial charge in [-0.15, -0.1) is 0 Å². The van der Waals surface area contributed by atoms with Gasteiger partial charge >= 0.3 is 0 Å². The summed E-state index contributed by atoms with van der Waals surface area (Å²) >= 11 is 12.2. The predicted octanol–water partition coefficient (Wildman–Crippen LogP) is 3.36. The molecule has 0 aliphatic carbocycles. The minimum absolute atomic E-state index is 0.143. The van der Waals surface area contributed by atoms with E-state index in [1.807, 2.05) is 0 Å². The molecule has 3 rings (SSSR count). The number of benzene rings is 1. The van der Waals surface area contributed by atoms with Gasteiger partial charge in [0, 0.05) is 30.7 Å². The third kappa shape index (κ3) is 4.58. The molecule has 9 nitrogen and oxygen atoms in total. The van der Waals surface area contributed by atoms with Crippen molar-refractivity contribution in [2.24, 2.45) is 7.05 Å². The average Bonchev–Trinajstić information content (AvgIpc) is 3.20. The topological polar surface area (TPSA) is 102 Å². The molecule has 2 heterocycles. The van der Waals surface area contributed by atoms with Gasteiger partial charge in [-0.3, -0.25) is 14.2 Å². The van der Waals surface area contributed by atoms with E-state index in [2.05, 4.69) is 15.5 Å². The Morgan fingerprint density at radius 3 is 2.77 bits per heavy atom. The van der Waals surface area contributed by atoms with Crippen LogP contribution in [0.5, 0.6) is 5.75 Å². The number of hydrogen-bond acceptors (Lipinski definition) is 7. The molecule has 0 atom stereocenters. The molecule has 0 spiro atoms. The summed E-state index contributed by atoms with van der Waals surface area (Å²) in [5.41, 5.74) is 0.464. The highest BCUT2D eigenvalue weighted by molar-refractivity contribution is 6.35. The molecule has 3 aromatic rings. The second-order valence-electron chi connectivity index (χ2n) is 6.35. The summed E-state index contributed by atoms with van der Waals surface area (Å²) in [6, 6.07) is 5.14. The first-order valence-electron chi connectivity index (χ1n) is 8.91. The van der Waals surface area contributed by atoms with Crippen LogP contribution in [-0.2, 0) is 13.6 Å². The number of anilines is 2. The van der Waals surface area contributed by atoms with Crippen LogP contribution in [0.2, 0.25) is 10.0 Å². The largest absolute Gasteiger partial charge is 0.486 e. The molecule has 0 saturated heterocycles. The lowest BCUT2D eigenvalue weighted by molar-refractivity contribution is 0.101. The summed E-state index contributed by atoms with van der Waals surface area (Å²) in [5, 5.41) is 7.11. The molecule has 0 saturated carbocycles. The normalized spacial score (nSPS) is 10.7. The lowest BCUT2D eigenvalue weighted by Crippen LogP contribution is -2.32. The quantitative estimate of drug-likeness (QED) is 0.587. The average molecular weight is 452 g/mol. The second-order valence-corrected chi connectivity index (χ2v) is 7.19. The van der Waals surface area contributed by atoms with E-state index in [0.717, 1.165) is 5.56 Å². The number of nitrogens with zero attached hydrogens (tertiary/aromatic N) is 4. The summed E-state index contributed by atoms with van der Waals surface area (Å²) in [5.74, 6) is -0.515. The fourth-order valence-corrected chi connectivity index (χ4v) is 3.24. The SMILES string of the molecule is CCOc1c(C(=O)Nc2cnoc2)nc(N(C)Cc2ccc(Cl)cc2Cl)n(C)c1=O. The van der Waals surface area contributed by atoms with E-state index in [9.17, 15) is 9.59 Å². The van der Waals surface area contributed by atoms with Crippen LogP contribution in [0.15, 0.2) is 40.0 Å².